The molecule has 0 bridgehead atoms. The van der Waals surface area contributed by atoms with Gasteiger partial charge in [0.25, 0.3) is 0 Å². The van der Waals surface area contributed by atoms with Crippen LogP contribution in [0.25, 0.3) is 0 Å². The van der Waals surface area contributed by atoms with Crippen LogP contribution in [0, 0.1) is 0 Å². The first-order valence-corrected chi connectivity index (χ1v) is 22.7. The van der Waals surface area contributed by atoms with Crippen LogP contribution in [0.5, 0.6) is 0 Å². The number of pyridine rings is 1. The Kier molecular flexibility index (Phi) is 14.3. The van der Waals surface area contributed by atoms with E-state index in [1.54, 1.807) is 0 Å². The first-order valence-electron chi connectivity index (χ1n) is 15.0. The molecule has 278 valence electrons. The molecule has 0 radical (unpaired) electrons. The highest BCUT2D eigenvalue weighted by atomic mass is 32.2. The van der Waals surface area contributed by atoms with Gasteiger partial charge in [0.15, 0.2) is 20.2 Å². The van der Waals surface area contributed by atoms with Gasteiger partial charge in [-0.3, -0.25) is 4.98 Å². The second-order valence-corrected chi connectivity index (χ2v) is 21.7. The number of nitrogens with zero attached hydrogens (tertiary/aromatic N) is 1. The van der Waals surface area contributed by atoms with Gasteiger partial charge < -0.3 is 9.11 Å². The summed E-state index contributed by atoms with van der Waals surface area (Å²) in [5.74, 6) is 0. The first kappa shape index (κ1) is 42.7. The largest absolute Gasteiger partial charge is 0.741 e. The van der Waals surface area contributed by atoms with Gasteiger partial charge in [-0.15, -0.1) is 0 Å². The van der Waals surface area contributed by atoms with Crippen LogP contribution in [0.1, 0.15) is 11.4 Å². The van der Waals surface area contributed by atoms with Crippen LogP contribution in [0.3, 0.4) is 0 Å². The standard InChI is InChI=1S/C33H33NP2.2CHF3O3S/c1-35(30-18-7-3-8-19-30,31-20-9-4-10-21-31)26-28-16-15-17-29(34-28)27-36(2,32-22-11-5-12-23-32)33-24-13-6-14-25-33;2*2-1(3,4)8(5,6)7/h3-25H,26-27H2,1-2H3;2*(H,5,6,7)/q+2;;/p-2. The summed E-state index contributed by atoms with van der Waals surface area (Å²) in [5, 5.41) is 5.70. The lowest BCUT2D eigenvalue weighted by atomic mass is 10.3. The second-order valence-electron chi connectivity index (χ2n) is 11.5. The SMILES string of the molecule is C[P+](Cc1cccc(C[P+](C)(c2ccccc2)c2ccccc2)n1)(c1ccccc1)c1ccccc1.O=S(=O)([O-])C(F)(F)F.O=S(=O)([O-])C(F)(F)F. The molecule has 0 spiro atoms. The van der Waals surface area contributed by atoms with Gasteiger partial charge in [-0.05, 0) is 60.7 Å². The lowest BCUT2D eigenvalue weighted by Gasteiger charge is -2.24. The van der Waals surface area contributed by atoms with Gasteiger partial charge in [-0.2, -0.15) is 26.3 Å². The fraction of sp³-hybridized carbons (Fsp3) is 0.171. The van der Waals surface area contributed by atoms with Crippen molar-refractivity contribution in [2.75, 3.05) is 13.3 Å². The fourth-order valence-corrected chi connectivity index (χ4v) is 11.3. The summed E-state index contributed by atoms with van der Waals surface area (Å²) in [6.07, 6.45) is 1.92. The van der Waals surface area contributed by atoms with E-state index < -0.39 is 45.8 Å². The smallest absolute Gasteiger partial charge is 0.485 e. The number of aromatic nitrogens is 1. The number of alkyl halides is 6. The lowest BCUT2D eigenvalue weighted by Crippen LogP contribution is -2.24. The Labute approximate surface area is 300 Å². The number of halogens is 6. The number of rotatable bonds is 8. The molecule has 0 unspecified atom stereocenters. The van der Waals surface area contributed by atoms with E-state index >= 15 is 0 Å². The summed E-state index contributed by atoms with van der Waals surface area (Å²) < 4.78 is 118. The van der Waals surface area contributed by atoms with E-state index in [9.17, 15) is 26.3 Å². The molecule has 0 fully saturated rings. The number of hydrogen-bond donors (Lipinski definition) is 0. The maximum absolute atomic E-state index is 10.7. The van der Waals surface area contributed by atoms with E-state index in [-0.39, 0.29) is 0 Å². The average molecular weight is 804 g/mol. The van der Waals surface area contributed by atoms with Crippen LogP contribution in [-0.4, -0.2) is 55.3 Å². The molecule has 0 atom stereocenters. The van der Waals surface area contributed by atoms with E-state index in [1.807, 2.05) is 0 Å². The highest BCUT2D eigenvalue weighted by Crippen LogP contribution is 2.57. The van der Waals surface area contributed by atoms with E-state index in [1.165, 1.54) is 32.6 Å². The van der Waals surface area contributed by atoms with Gasteiger partial charge in [0, 0.05) is 0 Å². The van der Waals surface area contributed by atoms with Crippen molar-refractivity contribution in [2.24, 2.45) is 0 Å². The molecule has 1 heterocycles. The quantitative estimate of drug-likeness (QED) is 0.0733. The van der Waals surface area contributed by atoms with Gasteiger partial charge in [0.05, 0.1) is 60.5 Å². The van der Waals surface area contributed by atoms with Gasteiger partial charge in [0.2, 0.25) is 0 Å². The normalized spacial score (nSPS) is 12.5. The Morgan fingerprint density at radius 3 is 0.865 bits per heavy atom. The molecular weight excluding hydrogens is 770 g/mol. The van der Waals surface area contributed by atoms with Crippen molar-refractivity contribution in [2.45, 2.75) is 23.3 Å². The minimum absolute atomic E-state index is 0.959. The zero-order chi connectivity index (χ0) is 38.8. The molecule has 0 amide bonds. The summed E-state index contributed by atoms with van der Waals surface area (Å²) in [4.78, 5) is 5.30. The van der Waals surface area contributed by atoms with Crippen LogP contribution >= 0.6 is 14.5 Å². The van der Waals surface area contributed by atoms with Crippen LogP contribution in [0.2, 0.25) is 0 Å². The van der Waals surface area contributed by atoms with Crippen molar-refractivity contribution in [1.29, 1.82) is 0 Å². The molecule has 7 nitrogen and oxygen atoms in total. The van der Waals surface area contributed by atoms with Crippen LogP contribution < -0.4 is 21.2 Å². The molecule has 17 heteroatoms. The molecule has 5 rings (SSSR count). The second kappa shape index (κ2) is 17.4. The van der Waals surface area contributed by atoms with Crippen LogP contribution in [-0.2, 0) is 32.6 Å². The fourth-order valence-electron chi connectivity index (χ4n) is 5.04. The molecule has 0 N–H and O–H groups in total. The molecule has 0 aliphatic carbocycles. The summed E-state index contributed by atoms with van der Waals surface area (Å²) >= 11 is 0. The molecular formula is C35H33F6NO6P2S2. The van der Waals surface area contributed by atoms with E-state index in [2.05, 4.69) is 153 Å². The summed E-state index contributed by atoms with van der Waals surface area (Å²) in [7, 11) is -15.5. The molecule has 0 aliphatic heterocycles. The lowest BCUT2D eigenvalue weighted by molar-refractivity contribution is -0.0522. The monoisotopic (exact) mass is 803 g/mol. The molecule has 0 saturated carbocycles. The van der Waals surface area contributed by atoms with Crippen molar-refractivity contribution in [3.63, 3.8) is 0 Å². The van der Waals surface area contributed by atoms with Crippen molar-refractivity contribution in [3.8, 4) is 0 Å². The van der Waals surface area contributed by atoms with E-state index in [4.69, 9.17) is 30.9 Å². The third kappa shape index (κ3) is 11.6. The predicted molar refractivity (Wildman–Crippen MR) is 193 cm³/mol. The Morgan fingerprint density at radius 2 is 0.673 bits per heavy atom. The third-order valence-corrected chi connectivity index (χ3v) is 16.5. The summed E-state index contributed by atoms with van der Waals surface area (Å²) in [6.45, 7) is 4.91. The molecule has 0 aliphatic rings. The summed E-state index contributed by atoms with van der Waals surface area (Å²) in [6, 6.07) is 50.7. The van der Waals surface area contributed by atoms with Crippen molar-refractivity contribution in [1.82, 2.24) is 4.98 Å². The molecule has 52 heavy (non-hydrogen) atoms. The minimum atomic E-state index is -6.09. The molecule has 4 aromatic carbocycles. The Bertz CT molecular complexity index is 1870. The third-order valence-electron chi connectivity index (χ3n) is 7.69. The van der Waals surface area contributed by atoms with Crippen LogP contribution in [0.15, 0.2) is 140 Å². The van der Waals surface area contributed by atoms with Crippen molar-refractivity contribution < 1.29 is 52.3 Å². The zero-order valence-corrected chi connectivity index (χ0v) is 31.0. The Morgan fingerprint density at radius 1 is 0.462 bits per heavy atom. The zero-order valence-electron chi connectivity index (χ0n) is 27.6. The average Bonchev–Trinajstić information content (AvgIpc) is 3.09. The molecule has 5 aromatic rings. The molecule has 0 saturated heterocycles. The minimum Gasteiger partial charge on any atom is -0.741 e. The maximum atomic E-state index is 10.7. The van der Waals surface area contributed by atoms with E-state index in [0.29, 0.717) is 0 Å². The maximum Gasteiger partial charge on any atom is 0.485 e. The topological polar surface area (TPSA) is 127 Å². The Hall–Kier alpha value is -3.71. The van der Waals surface area contributed by atoms with Gasteiger partial charge in [0.1, 0.15) is 12.3 Å². The van der Waals surface area contributed by atoms with Crippen molar-refractivity contribution in [3.05, 3.63) is 151 Å². The number of benzene rings is 4. The highest BCUT2D eigenvalue weighted by molar-refractivity contribution is 7.88. The predicted octanol–water partition coefficient (Wildman–Crippen LogP) is 6.78. The number of hydrogen-bond acceptors (Lipinski definition) is 7. The summed E-state index contributed by atoms with van der Waals surface area (Å²) in [5.41, 5.74) is -8.92. The van der Waals surface area contributed by atoms with Gasteiger partial charge in [-0.1, -0.05) is 78.9 Å². The van der Waals surface area contributed by atoms with Gasteiger partial charge in [-0.25, -0.2) is 16.8 Å². The van der Waals surface area contributed by atoms with Gasteiger partial charge >= 0.3 is 11.0 Å². The molecule has 1 aromatic heterocycles. The Balaban J connectivity index is 0.000000380. The highest BCUT2D eigenvalue weighted by Gasteiger charge is 2.41. The first-order chi connectivity index (χ1) is 24.1. The van der Waals surface area contributed by atoms with Crippen LogP contribution in [0.4, 0.5) is 26.3 Å². The van der Waals surface area contributed by atoms with E-state index in [0.717, 1.165) is 12.3 Å². The van der Waals surface area contributed by atoms with Crippen molar-refractivity contribution >= 4 is 56.0 Å².